The number of carbonyl (C=O) groups is 2. The molecular weight excluding hydrogens is 304 g/mol. The van der Waals surface area contributed by atoms with Gasteiger partial charge in [0.1, 0.15) is 0 Å². The average Bonchev–Trinajstić information content (AvgIpc) is 2.51. The molecule has 1 saturated heterocycles. The fourth-order valence-corrected chi connectivity index (χ4v) is 3.73. The molecule has 0 saturated carbocycles. The molecule has 1 aromatic carbocycles. The van der Waals surface area contributed by atoms with Crippen molar-refractivity contribution in [1.82, 2.24) is 0 Å². The van der Waals surface area contributed by atoms with Crippen LogP contribution in [0.15, 0.2) is 42.0 Å². The van der Waals surface area contributed by atoms with E-state index < -0.39 is 23.1 Å². The number of cyclic esters (lactones) is 2. The predicted octanol–water partition coefficient (Wildman–Crippen LogP) is 3.80. The van der Waals surface area contributed by atoms with Gasteiger partial charge in [0, 0.05) is 19.8 Å². The summed E-state index contributed by atoms with van der Waals surface area (Å²) in [4.78, 5) is 26.0. The maximum atomic E-state index is 13.0. The summed E-state index contributed by atoms with van der Waals surface area (Å²) in [5.41, 5.74) is 0.852. The molecule has 24 heavy (non-hydrogen) atoms. The summed E-state index contributed by atoms with van der Waals surface area (Å²) in [7, 11) is 0. The first-order chi connectivity index (χ1) is 11.3. The van der Waals surface area contributed by atoms with Gasteiger partial charge in [-0.15, -0.1) is 0 Å². The second kappa shape index (κ2) is 6.08. The van der Waals surface area contributed by atoms with Crippen molar-refractivity contribution < 1.29 is 19.1 Å². The zero-order valence-electron chi connectivity index (χ0n) is 14.5. The molecule has 4 heteroatoms. The van der Waals surface area contributed by atoms with Crippen molar-refractivity contribution in [2.75, 3.05) is 0 Å². The maximum absolute atomic E-state index is 13.0. The number of carbonyl (C=O) groups excluding carboxylic acids is 2. The number of esters is 2. The highest BCUT2D eigenvalue weighted by Crippen LogP contribution is 2.45. The minimum atomic E-state index is -1.29. The minimum Gasteiger partial charge on any atom is -0.422 e. The highest BCUT2D eigenvalue weighted by Gasteiger charge is 2.59. The average molecular weight is 328 g/mol. The summed E-state index contributed by atoms with van der Waals surface area (Å²) in [6.07, 6.45) is 5.12. The van der Waals surface area contributed by atoms with Crippen molar-refractivity contribution in [2.45, 2.75) is 52.2 Å². The van der Waals surface area contributed by atoms with Crippen LogP contribution in [0.25, 0.3) is 0 Å². The SMILES string of the molecule is CC1=CC(C2(Cc3ccccc3)C(=O)OC(C)(C)OC2=O)CCC1. The lowest BCUT2D eigenvalue weighted by Crippen LogP contribution is -2.58. The van der Waals surface area contributed by atoms with Gasteiger partial charge in [0.25, 0.3) is 5.79 Å². The number of hydrogen-bond acceptors (Lipinski definition) is 4. The van der Waals surface area contributed by atoms with Gasteiger partial charge in [0.2, 0.25) is 0 Å². The highest BCUT2D eigenvalue weighted by molar-refractivity contribution is 6.02. The van der Waals surface area contributed by atoms with Gasteiger partial charge >= 0.3 is 11.9 Å². The summed E-state index contributed by atoms with van der Waals surface area (Å²) in [6, 6.07) is 9.60. The van der Waals surface area contributed by atoms with Crippen LogP contribution in [0, 0.1) is 11.3 Å². The first kappa shape index (κ1) is 16.7. The van der Waals surface area contributed by atoms with E-state index in [9.17, 15) is 9.59 Å². The van der Waals surface area contributed by atoms with E-state index in [0.717, 1.165) is 24.8 Å². The van der Waals surface area contributed by atoms with Crippen LogP contribution in [-0.4, -0.2) is 17.7 Å². The number of benzene rings is 1. The van der Waals surface area contributed by atoms with Crippen LogP contribution >= 0.6 is 0 Å². The molecule has 1 aliphatic heterocycles. The number of ether oxygens (including phenoxy) is 2. The van der Waals surface area contributed by atoms with Gasteiger partial charge in [-0.25, -0.2) is 0 Å². The molecule has 1 atom stereocenters. The molecule has 128 valence electrons. The third-order valence-corrected chi connectivity index (χ3v) is 4.94. The Kier molecular flexibility index (Phi) is 4.24. The summed E-state index contributed by atoms with van der Waals surface area (Å²) in [6.45, 7) is 5.24. The Morgan fingerprint density at radius 3 is 2.29 bits per heavy atom. The van der Waals surface area contributed by atoms with Crippen molar-refractivity contribution in [2.24, 2.45) is 11.3 Å². The van der Waals surface area contributed by atoms with Crippen LogP contribution in [-0.2, 0) is 25.5 Å². The van der Waals surface area contributed by atoms with E-state index >= 15 is 0 Å². The predicted molar refractivity (Wildman–Crippen MR) is 89.9 cm³/mol. The van der Waals surface area contributed by atoms with Crippen LogP contribution in [0.4, 0.5) is 0 Å². The Bertz CT molecular complexity index is 652. The maximum Gasteiger partial charge on any atom is 0.327 e. The zero-order chi connectivity index (χ0) is 17.4. The lowest BCUT2D eigenvalue weighted by molar-refractivity contribution is -0.254. The van der Waals surface area contributed by atoms with E-state index in [0.29, 0.717) is 6.42 Å². The van der Waals surface area contributed by atoms with Crippen LogP contribution in [0.1, 0.15) is 45.6 Å². The fourth-order valence-electron chi connectivity index (χ4n) is 3.73. The summed E-state index contributed by atoms with van der Waals surface area (Å²) in [5, 5.41) is 0. The zero-order valence-corrected chi connectivity index (χ0v) is 14.5. The van der Waals surface area contributed by atoms with Crippen LogP contribution in [0.5, 0.6) is 0 Å². The standard InChI is InChI=1S/C20H24O4/c1-14-8-7-11-16(12-14)20(13-15-9-5-4-6-10-15)17(21)23-19(2,3)24-18(20)22/h4-6,9-10,12,16H,7-8,11,13H2,1-3H3. The van der Waals surface area contributed by atoms with Gasteiger partial charge in [0.15, 0.2) is 5.41 Å². The van der Waals surface area contributed by atoms with E-state index in [1.54, 1.807) is 13.8 Å². The van der Waals surface area contributed by atoms with Crippen LogP contribution in [0.3, 0.4) is 0 Å². The summed E-state index contributed by atoms with van der Waals surface area (Å²) in [5.74, 6) is -2.34. The highest BCUT2D eigenvalue weighted by atomic mass is 16.7. The second-order valence-electron chi connectivity index (χ2n) is 7.32. The third kappa shape index (κ3) is 2.97. The largest absolute Gasteiger partial charge is 0.422 e. The van der Waals surface area contributed by atoms with E-state index in [1.807, 2.05) is 37.3 Å². The van der Waals surface area contributed by atoms with Crippen molar-refractivity contribution in [3.05, 3.63) is 47.5 Å². The first-order valence-electron chi connectivity index (χ1n) is 8.52. The molecule has 2 aliphatic rings. The Hall–Kier alpha value is -2.10. The molecule has 1 unspecified atom stereocenters. The van der Waals surface area contributed by atoms with Crippen molar-refractivity contribution >= 4 is 11.9 Å². The molecule has 1 aromatic rings. The molecular formula is C20H24O4. The third-order valence-electron chi connectivity index (χ3n) is 4.94. The molecule has 1 heterocycles. The monoisotopic (exact) mass is 328 g/mol. The minimum absolute atomic E-state index is 0.192. The van der Waals surface area contributed by atoms with Gasteiger partial charge < -0.3 is 9.47 Å². The molecule has 0 amide bonds. The molecule has 0 aromatic heterocycles. The lowest BCUT2D eigenvalue weighted by atomic mass is 9.66. The fraction of sp³-hybridized carbons (Fsp3) is 0.500. The molecule has 0 spiro atoms. The number of hydrogen-bond donors (Lipinski definition) is 0. The molecule has 4 nitrogen and oxygen atoms in total. The van der Waals surface area contributed by atoms with E-state index in [1.165, 1.54) is 5.57 Å². The number of allylic oxidation sites excluding steroid dienone is 2. The smallest absolute Gasteiger partial charge is 0.327 e. The van der Waals surface area contributed by atoms with Gasteiger partial charge in [0.05, 0.1) is 0 Å². The quantitative estimate of drug-likeness (QED) is 0.481. The summed E-state index contributed by atoms with van der Waals surface area (Å²) >= 11 is 0. The van der Waals surface area contributed by atoms with Gasteiger partial charge in [-0.3, -0.25) is 9.59 Å². The molecule has 0 N–H and O–H groups in total. The molecule has 0 radical (unpaired) electrons. The van der Waals surface area contributed by atoms with Gasteiger partial charge in [-0.2, -0.15) is 0 Å². The van der Waals surface area contributed by atoms with E-state index in [-0.39, 0.29) is 5.92 Å². The molecule has 1 fully saturated rings. The Labute approximate surface area is 142 Å². The normalized spacial score (nSPS) is 25.5. The Morgan fingerprint density at radius 2 is 1.71 bits per heavy atom. The lowest BCUT2D eigenvalue weighted by Gasteiger charge is -2.44. The van der Waals surface area contributed by atoms with E-state index in [4.69, 9.17) is 9.47 Å². The Morgan fingerprint density at radius 1 is 1.08 bits per heavy atom. The summed E-state index contributed by atoms with van der Waals surface area (Å²) < 4.78 is 11.0. The Balaban J connectivity index is 2.05. The molecule has 3 rings (SSSR count). The first-order valence-corrected chi connectivity index (χ1v) is 8.52. The topological polar surface area (TPSA) is 52.6 Å². The van der Waals surface area contributed by atoms with Crippen LogP contribution in [0.2, 0.25) is 0 Å². The van der Waals surface area contributed by atoms with Crippen molar-refractivity contribution in [3.8, 4) is 0 Å². The second-order valence-corrected chi connectivity index (χ2v) is 7.32. The number of rotatable bonds is 3. The van der Waals surface area contributed by atoms with Crippen LogP contribution < -0.4 is 0 Å². The van der Waals surface area contributed by atoms with Crippen molar-refractivity contribution in [1.29, 1.82) is 0 Å². The molecule has 0 bridgehead atoms. The van der Waals surface area contributed by atoms with E-state index in [2.05, 4.69) is 6.08 Å². The van der Waals surface area contributed by atoms with Gasteiger partial charge in [-0.1, -0.05) is 42.0 Å². The molecule has 1 aliphatic carbocycles. The van der Waals surface area contributed by atoms with Gasteiger partial charge in [-0.05, 0) is 38.2 Å². The van der Waals surface area contributed by atoms with Crippen molar-refractivity contribution in [3.63, 3.8) is 0 Å².